The van der Waals surface area contributed by atoms with E-state index >= 15 is 0 Å². The second-order valence-electron chi connectivity index (χ2n) is 9.60. The summed E-state index contributed by atoms with van der Waals surface area (Å²) in [5.74, 6) is 0.679. The Bertz CT molecular complexity index is 1250. The van der Waals surface area contributed by atoms with Gasteiger partial charge in [0.05, 0.1) is 25.0 Å². The molecule has 3 aromatic rings. The average Bonchev–Trinajstić information content (AvgIpc) is 3.32. The third-order valence-electron chi connectivity index (χ3n) is 4.80. The first-order valence-corrected chi connectivity index (χ1v) is 13.7. The van der Waals surface area contributed by atoms with Crippen LogP contribution in [-0.4, -0.2) is 67.7 Å². The summed E-state index contributed by atoms with van der Waals surface area (Å²) in [5.41, 5.74) is 0.712. The second kappa shape index (κ2) is 14.7. The van der Waals surface area contributed by atoms with Gasteiger partial charge in [-0.15, -0.1) is 0 Å². The average molecular weight is 645 g/mol. The van der Waals surface area contributed by atoms with Crippen LogP contribution in [0.15, 0.2) is 36.7 Å². The van der Waals surface area contributed by atoms with Gasteiger partial charge in [-0.25, -0.2) is 4.79 Å². The second-order valence-corrected chi connectivity index (χ2v) is 10.4. The molecule has 0 atom stereocenters. The largest absolute Gasteiger partial charge is 0.494 e. The predicted molar refractivity (Wildman–Crippen MR) is 149 cm³/mol. The lowest BCUT2D eigenvalue weighted by atomic mass is 10.2. The molecule has 0 aliphatic carbocycles. The van der Waals surface area contributed by atoms with Gasteiger partial charge in [0.1, 0.15) is 11.4 Å². The van der Waals surface area contributed by atoms with Crippen LogP contribution < -0.4 is 25.4 Å². The molecule has 0 spiro atoms. The van der Waals surface area contributed by atoms with E-state index in [4.69, 9.17) is 14.2 Å². The first-order chi connectivity index (χ1) is 19.4. The molecule has 0 fully saturated rings. The molecule has 224 valence electrons. The number of halogens is 4. The number of carbonyl (C=O) groups is 1. The van der Waals surface area contributed by atoms with Crippen molar-refractivity contribution in [1.82, 2.24) is 30.0 Å². The van der Waals surface area contributed by atoms with Crippen molar-refractivity contribution >= 4 is 39.6 Å². The lowest BCUT2D eigenvalue weighted by Crippen LogP contribution is -2.34. The molecule has 3 N–H and O–H groups in total. The van der Waals surface area contributed by atoms with E-state index in [2.05, 4.69) is 51.9 Å². The van der Waals surface area contributed by atoms with Gasteiger partial charge in [0, 0.05) is 24.6 Å². The summed E-state index contributed by atoms with van der Waals surface area (Å²) in [6.45, 7) is 5.20. The fourth-order valence-corrected chi connectivity index (χ4v) is 3.33. The van der Waals surface area contributed by atoms with Crippen LogP contribution in [0.1, 0.15) is 32.8 Å². The molecule has 0 aliphatic rings. The number of ether oxygens (including phenoxy) is 3. The highest BCUT2D eigenvalue weighted by Gasteiger charge is 2.29. The Balaban J connectivity index is 1.63. The van der Waals surface area contributed by atoms with Gasteiger partial charge in [-0.05, 0) is 44.9 Å². The minimum absolute atomic E-state index is 0.00581. The standard InChI is InChI=1S/C25H32BrF3N8O4/c1-24(2,3)41-23(38)30-10-11-37-15-18(14-32-37)33-21-34-20(35-22(36-21)40-16-25(27,28)29)31-13-17-5-7-19(8-6-17)39-12-4-9-26/h5-8,14-15H,4,9-13,16H2,1-3H3,(H,30,38)(H2,31,33,34,35,36). The number of amides is 1. The van der Waals surface area contributed by atoms with Crippen LogP contribution in [0.3, 0.4) is 0 Å². The minimum atomic E-state index is -4.57. The van der Waals surface area contributed by atoms with Crippen LogP contribution in [0.2, 0.25) is 0 Å². The Morgan fingerprint density at radius 2 is 1.78 bits per heavy atom. The van der Waals surface area contributed by atoms with E-state index in [1.165, 1.54) is 6.20 Å². The van der Waals surface area contributed by atoms with Crippen LogP contribution in [0.4, 0.5) is 35.5 Å². The first kappa shape index (κ1) is 31.7. The quantitative estimate of drug-likeness (QED) is 0.161. The Labute approximate surface area is 243 Å². The number of hydrogen-bond donors (Lipinski definition) is 3. The summed E-state index contributed by atoms with van der Waals surface area (Å²) in [6.07, 6.45) is -1.15. The molecule has 2 heterocycles. The number of alkyl carbamates (subject to hydrolysis) is 1. The third-order valence-corrected chi connectivity index (χ3v) is 5.36. The molecule has 0 bridgehead atoms. The lowest BCUT2D eigenvalue weighted by Gasteiger charge is -2.19. The van der Waals surface area contributed by atoms with E-state index in [0.717, 1.165) is 23.1 Å². The van der Waals surface area contributed by atoms with Gasteiger partial charge in [-0.1, -0.05) is 28.1 Å². The van der Waals surface area contributed by atoms with Gasteiger partial charge >= 0.3 is 18.3 Å². The Morgan fingerprint density at radius 3 is 2.46 bits per heavy atom. The maximum Gasteiger partial charge on any atom is 0.422 e. The molecule has 0 aliphatic heterocycles. The summed E-state index contributed by atoms with van der Waals surface area (Å²) in [5, 5.41) is 13.5. The van der Waals surface area contributed by atoms with Gasteiger partial charge in [0.25, 0.3) is 0 Å². The van der Waals surface area contributed by atoms with Crippen molar-refractivity contribution in [2.24, 2.45) is 0 Å². The minimum Gasteiger partial charge on any atom is -0.494 e. The molecule has 3 rings (SSSR count). The Hall–Kier alpha value is -3.82. The molecule has 12 nitrogen and oxygen atoms in total. The predicted octanol–water partition coefficient (Wildman–Crippen LogP) is 5.05. The first-order valence-electron chi connectivity index (χ1n) is 12.6. The molecule has 0 saturated heterocycles. The molecular weight excluding hydrogens is 613 g/mol. The summed E-state index contributed by atoms with van der Waals surface area (Å²) in [4.78, 5) is 23.9. The molecule has 0 radical (unpaired) electrons. The van der Waals surface area contributed by atoms with Crippen LogP contribution in [0, 0.1) is 0 Å². The monoisotopic (exact) mass is 644 g/mol. The normalized spacial score (nSPS) is 11.6. The topological polar surface area (TPSA) is 137 Å². The molecule has 41 heavy (non-hydrogen) atoms. The summed E-state index contributed by atoms with van der Waals surface area (Å²) in [6, 6.07) is 6.84. The van der Waals surface area contributed by atoms with Crippen LogP contribution in [0.25, 0.3) is 0 Å². The van der Waals surface area contributed by atoms with Gasteiger partial charge < -0.3 is 30.2 Å². The highest BCUT2D eigenvalue weighted by Crippen LogP contribution is 2.20. The SMILES string of the molecule is CC(C)(C)OC(=O)NCCn1cc(Nc2nc(NCc3ccc(OCCCBr)cc3)nc(OCC(F)(F)F)n2)cn1. The van der Waals surface area contributed by atoms with Crippen LogP contribution >= 0.6 is 15.9 Å². The Kier molecular flexibility index (Phi) is 11.4. The van der Waals surface area contributed by atoms with E-state index in [1.54, 1.807) is 31.6 Å². The van der Waals surface area contributed by atoms with Crippen molar-refractivity contribution in [3.63, 3.8) is 0 Å². The number of hydrogen-bond acceptors (Lipinski definition) is 10. The highest BCUT2D eigenvalue weighted by atomic mass is 79.9. The summed E-state index contributed by atoms with van der Waals surface area (Å²) in [7, 11) is 0. The number of carbonyl (C=O) groups excluding carboxylic acids is 1. The van der Waals surface area contributed by atoms with E-state index in [9.17, 15) is 18.0 Å². The number of nitrogens with zero attached hydrogens (tertiary/aromatic N) is 5. The van der Waals surface area contributed by atoms with Crippen molar-refractivity contribution in [3.8, 4) is 11.8 Å². The summed E-state index contributed by atoms with van der Waals surface area (Å²) >= 11 is 3.35. The van der Waals surface area contributed by atoms with Crippen molar-refractivity contribution < 1.29 is 32.2 Å². The van der Waals surface area contributed by atoms with Crippen LogP contribution in [0.5, 0.6) is 11.8 Å². The van der Waals surface area contributed by atoms with E-state index in [0.29, 0.717) is 18.8 Å². The molecule has 16 heteroatoms. The highest BCUT2D eigenvalue weighted by molar-refractivity contribution is 9.09. The maximum atomic E-state index is 12.7. The number of benzene rings is 1. The Morgan fingerprint density at radius 1 is 1.05 bits per heavy atom. The van der Waals surface area contributed by atoms with E-state index in [1.807, 2.05) is 24.3 Å². The van der Waals surface area contributed by atoms with Crippen molar-refractivity contribution in [2.45, 2.75) is 52.1 Å². The number of aromatic nitrogens is 5. The molecule has 1 aromatic carbocycles. The van der Waals surface area contributed by atoms with Gasteiger partial charge in [-0.2, -0.15) is 33.2 Å². The zero-order valence-electron chi connectivity index (χ0n) is 22.8. The molecule has 1 amide bonds. The zero-order chi connectivity index (χ0) is 29.9. The summed E-state index contributed by atoms with van der Waals surface area (Å²) < 4.78 is 55.3. The van der Waals surface area contributed by atoms with Gasteiger partial charge in [-0.3, -0.25) is 4.68 Å². The fraction of sp³-hybridized carbons (Fsp3) is 0.480. The molecule has 0 saturated carbocycles. The third kappa shape index (κ3) is 12.5. The number of alkyl halides is 4. The van der Waals surface area contributed by atoms with Crippen molar-refractivity contribution in [2.75, 3.05) is 35.7 Å². The van der Waals surface area contributed by atoms with Crippen LogP contribution in [-0.2, 0) is 17.8 Å². The lowest BCUT2D eigenvalue weighted by molar-refractivity contribution is -0.154. The maximum absolute atomic E-state index is 12.7. The van der Waals surface area contributed by atoms with Crippen molar-refractivity contribution in [3.05, 3.63) is 42.2 Å². The van der Waals surface area contributed by atoms with Gasteiger partial charge in [0.2, 0.25) is 11.9 Å². The van der Waals surface area contributed by atoms with Gasteiger partial charge in [0.15, 0.2) is 6.61 Å². The number of anilines is 3. The zero-order valence-corrected chi connectivity index (χ0v) is 24.4. The molecule has 0 unspecified atom stereocenters. The molecular formula is C25H32BrF3N8O4. The number of rotatable bonds is 14. The fourth-order valence-electron chi connectivity index (χ4n) is 3.10. The number of nitrogens with one attached hydrogen (secondary N) is 3. The molecule has 2 aromatic heterocycles. The van der Waals surface area contributed by atoms with E-state index in [-0.39, 0.29) is 25.0 Å². The van der Waals surface area contributed by atoms with Crippen molar-refractivity contribution in [1.29, 1.82) is 0 Å². The van der Waals surface area contributed by atoms with E-state index < -0.39 is 30.5 Å². The smallest absolute Gasteiger partial charge is 0.422 e.